The highest BCUT2D eigenvalue weighted by Crippen LogP contribution is 2.47. The van der Waals surface area contributed by atoms with Gasteiger partial charge in [0, 0.05) is 54.8 Å². The maximum absolute atomic E-state index is 14.3. The predicted molar refractivity (Wildman–Crippen MR) is 192 cm³/mol. The second-order valence-electron chi connectivity index (χ2n) is 14.2. The van der Waals surface area contributed by atoms with Gasteiger partial charge >= 0.3 is 0 Å². The maximum atomic E-state index is 14.3. The molecule has 0 radical (unpaired) electrons. The first-order valence-corrected chi connectivity index (χ1v) is 19.8. The van der Waals surface area contributed by atoms with Gasteiger partial charge in [-0.1, -0.05) is 29.8 Å². The fourth-order valence-corrected chi connectivity index (χ4v) is 10.4. The van der Waals surface area contributed by atoms with E-state index in [1.54, 1.807) is 25.5 Å². The quantitative estimate of drug-likeness (QED) is 0.244. The summed E-state index contributed by atoms with van der Waals surface area (Å²) in [7, 11) is -1.39. The van der Waals surface area contributed by atoms with Crippen LogP contribution in [0.15, 0.2) is 75.7 Å². The summed E-state index contributed by atoms with van der Waals surface area (Å²) in [5.74, 6) is 1.33. The van der Waals surface area contributed by atoms with Gasteiger partial charge in [-0.3, -0.25) is 9.59 Å². The van der Waals surface area contributed by atoms with Crippen molar-refractivity contribution in [2.75, 3.05) is 43.2 Å². The second-order valence-corrected chi connectivity index (χ2v) is 17.1. The molecule has 1 amide bonds. The number of allylic oxidation sites excluding steroid dienone is 1. The molecular weight excluding hydrogens is 660 g/mol. The van der Waals surface area contributed by atoms with E-state index in [0.717, 1.165) is 61.7 Å². The minimum Gasteiger partial charge on any atom is -0.490 e. The van der Waals surface area contributed by atoms with E-state index in [4.69, 9.17) is 25.5 Å². The Morgan fingerprint density at radius 3 is 2.86 bits per heavy atom. The van der Waals surface area contributed by atoms with Crippen molar-refractivity contribution in [3.05, 3.63) is 94.4 Å². The van der Waals surface area contributed by atoms with E-state index in [1.165, 1.54) is 11.1 Å². The summed E-state index contributed by atoms with van der Waals surface area (Å²) >= 11 is 6.45. The number of ether oxygens (including phenoxy) is 2. The second kappa shape index (κ2) is 14.4. The van der Waals surface area contributed by atoms with E-state index in [0.29, 0.717) is 49.0 Å². The van der Waals surface area contributed by atoms with E-state index in [1.807, 2.05) is 24.3 Å². The van der Waals surface area contributed by atoms with Crippen LogP contribution in [0.5, 0.6) is 5.75 Å². The minimum atomic E-state index is -3.16. The third-order valence-electron chi connectivity index (χ3n) is 10.9. The number of halogens is 1. The predicted octanol–water partition coefficient (Wildman–Crippen LogP) is 7.61. The molecule has 49 heavy (non-hydrogen) atoms. The lowest BCUT2D eigenvalue weighted by Crippen LogP contribution is -2.49. The van der Waals surface area contributed by atoms with Crippen LogP contribution < -0.4 is 9.64 Å². The van der Waals surface area contributed by atoms with Crippen LogP contribution in [0.1, 0.15) is 72.2 Å². The fraction of sp³-hybridized carbons (Fsp3) is 0.487. The molecule has 2 aliphatic carbocycles. The van der Waals surface area contributed by atoms with E-state index in [2.05, 4.69) is 33.5 Å². The van der Waals surface area contributed by atoms with Crippen LogP contribution in [0, 0.1) is 11.8 Å². The van der Waals surface area contributed by atoms with Gasteiger partial charge in [0.1, 0.15) is 17.3 Å². The lowest BCUT2D eigenvalue weighted by Gasteiger charge is -2.46. The van der Waals surface area contributed by atoms with Crippen molar-refractivity contribution in [3.8, 4) is 5.75 Å². The number of hydrogen-bond donors (Lipinski definition) is 0. The van der Waals surface area contributed by atoms with Gasteiger partial charge in [0.05, 0.1) is 40.1 Å². The Kier molecular flexibility index (Phi) is 10.0. The van der Waals surface area contributed by atoms with Crippen LogP contribution in [0.25, 0.3) is 0 Å². The van der Waals surface area contributed by atoms with Gasteiger partial charge in [0.15, 0.2) is 0 Å². The first-order valence-electron chi connectivity index (χ1n) is 17.6. The summed E-state index contributed by atoms with van der Waals surface area (Å²) in [6.45, 7) is 2.06. The third kappa shape index (κ3) is 7.40. The van der Waals surface area contributed by atoms with Gasteiger partial charge in [0.25, 0.3) is 5.91 Å². The van der Waals surface area contributed by atoms with E-state index >= 15 is 0 Å². The van der Waals surface area contributed by atoms with Crippen molar-refractivity contribution >= 4 is 38.7 Å². The standard InChI is InChI=1S/C39H45ClN2O6S/c1-46-36-9-3-2-4-20-49(45,24-31(43)13-14-32-8-6-19-47-32)41-38(44)28-11-17-37-35(22-28)42(23-29-10-15-33(29)36)25-39(26-48-37)18-5-7-27-21-30(40)12-16-34(27)39/h3,6,8-9,11-12,16-17,19,21-22,29,33,36H,2,4-5,7,10,13-15,18,20,23-26H2,1H3/b9-3+/t29-,33+,36-,39-,49+/m0/s1. The van der Waals surface area contributed by atoms with Crippen molar-refractivity contribution in [3.63, 3.8) is 0 Å². The van der Waals surface area contributed by atoms with Crippen LogP contribution in [0.2, 0.25) is 5.02 Å². The average Bonchev–Trinajstić information content (AvgIpc) is 3.55. The number of Topliss-reactive ketones (excluding diaryl/α,β-unsaturated/α-hetero) is 1. The molecule has 7 rings (SSSR count). The molecule has 2 bridgehead atoms. The molecule has 3 heterocycles. The summed E-state index contributed by atoms with van der Waals surface area (Å²) < 4.78 is 36.7. The number of rotatable bonds is 6. The number of fused-ring (bicyclic) bond motifs is 4. The zero-order chi connectivity index (χ0) is 34.0. The number of carbonyl (C=O) groups excluding carboxylic acids is 2. The SMILES string of the molecule is CO[C@H]1/C=C/CCC[S@@](=O)(CC(=O)CCc2ccco2)=NC(=O)c2ccc3c(c2)N(C[C@@H]2CC[C@H]21)C[C@@]1(CCCc2cc(Cl)ccc21)CO3. The minimum absolute atomic E-state index is 0.0222. The number of amides is 1. The van der Waals surface area contributed by atoms with E-state index in [-0.39, 0.29) is 35.2 Å². The van der Waals surface area contributed by atoms with Gasteiger partial charge in [-0.05, 0) is 110 Å². The zero-order valence-corrected chi connectivity index (χ0v) is 29.7. The lowest BCUT2D eigenvalue weighted by atomic mass is 9.68. The molecule has 3 aromatic rings. The van der Waals surface area contributed by atoms with Crippen LogP contribution in [-0.4, -0.2) is 60.3 Å². The van der Waals surface area contributed by atoms with Gasteiger partial charge in [0.2, 0.25) is 0 Å². The van der Waals surface area contributed by atoms with Crippen LogP contribution in [-0.2, 0) is 37.5 Å². The number of furan rings is 1. The van der Waals surface area contributed by atoms with E-state index < -0.39 is 15.6 Å². The van der Waals surface area contributed by atoms with Gasteiger partial charge < -0.3 is 18.8 Å². The highest BCUT2D eigenvalue weighted by Gasteiger charge is 2.44. The number of nitrogens with zero attached hydrogens (tertiary/aromatic N) is 2. The molecule has 1 fully saturated rings. The van der Waals surface area contributed by atoms with Crippen molar-refractivity contribution < 1.29 is 27.7 Å². The van der Waals surface area contributed by atoms with Gasteiger partial charge in [-0.2, -0.15) is 4.36 Å². The number of anilines is 1. The summed E-state index contributed by atoms with van der Waals surface area (Å²) in [5.41, 5.74) is 3.52. The number of benzene rings is 2. The molecule has 4 aliphatic rings. The Bertz CT molecular complexity index is 1850. The van der Waals surface area contributed by atoms with Crippen LogP contribution >= 0.6 is 11.6 Å². The monoisotopic (exact) mass is 704 g/mol. The van der Waals surface area contributed by atoms with E-state index in [9.17, 15) is 13.8 Å². The smallest absolute Gasteiger partial charge is 0.285 e. The molecule has 1 aromatic heterocycles. The summed E-state index contributed by atoms with van der Waals surface area (Å²) in [6, 6.07) is 15.3. The highest BCUT2D eigenvalue weighted by molar-refractivity contribution is 7.94. The molecule has 1 saturated carbocycles. The summed E-state index contributed by atoms with van der Waals surface area (Å²) in [6.07, 6.45) is 12.8. The average molecular weight is 705 g/mol. The molecule has 2 aromatic carbocycles. The number of methoxy groups -OCH3 is 1. The Morgan fingerprint density at radius 1 is 1.16 bits per heavy atom. The van der Waals surface area contributed by atoms with Crippen molar-refractivity contribution in [2.45, 2.75) is 69.3 Å². The summed E-state index contributed by atoms with van der Waals surface area (Å²) in [5, 5.41) is 0.748. The number of carbonyl (C=O) groups is 2. The Balaban J connectivity index is 1.25. The summed E-state index contributed by atoms with van der Waals surface area (Å²) in [4.78, 5) is 29.3. The molecule has 0 N–H and O–H groups in total. The van der Waals surface area contributed by atoms with Crippen LogP contribution in [0.3, 0.4) is 0 Å². The Hall–Kier alpha value is -3.40. The first-order chi connectivity index (χ1) is 23.7. The molecular formula is C39H45ClN2O6S. The lowest BCUT2D eigenvalue weighted by molar-refractivity contribution is -0.116. The Morgan fingerprint density at radius 2 is 2.06 bits per heavy atom. The van der Waals surface area contributed by atoms with Crippen molar-refractivity contribution in [1.82, 2.24) is 0 Å². The Labute approximate surface area is 294 Å². The molecule has 0 unspecified atom stereocenters. The fourth-order valence-electron chi connectivity index (χ4n) is 8.23. The number of aryl methyl sites for hydroxylation is 2. The van der Waals surface area contributed by atoms with Gasteiger partial charge in [-0.25, -0.2) is 4.21 Å². The molecule has 5 atom stereocenters. The molecule has 260 valence electrons. The molecule has 1 spiro atoms. The molecule has 0 saturated heterocycles. The highest BCUT2D eigenvalue weighted by atomic mass is 35.5. The maximum Gasteiger partial charge on any atom is 0.285 e. The molecule has 8 nitrogen and oxygen atoms in total. The number of ketones is 1. The first kappa shape index (κ1) is 34.1. The normalized spacial score (nSPS) is 29.1. The van der Waals surface area contributed by atoms with Gasteiger partial charge in [-0.15, -0.1) is 0 Å². The van der Waals surface area contributed by atoms with Crippen molar-refractivity contribution in [2.24, 2.45) is 16.2 Å². The topological polar surface area (TPSA) is 98.4 Å². The number of hydrogen-bond acceptors (Lipinski definition) is 7. The zero-order valence-electron chi connectivity index (χ0n) is 28.1. The van der Waals surface area contributed by atoms with Crippen LogP contribution in [0.4, 0.5) is 5.69 Å². The largest absolute Gasteiger partial charge is 0.490 e. The molecule has 2 aliphatic heterocycles. The van der Waals surface area contributed by atoms with Crippen molar-refractivity contribution in [1.29, 1.82) is 0 Å². The molecule has 10 heteroatoms. The third-order valence-corrected chi connectivity index (χ3v) is 13.4.